The van der Waals surface area contributed by atoms with Crippen molar-refractivity contribution in [2.45, 2.75) is 51.6 Å². The second kappa shape index (κ2) is 7.99. The van der Waals surface area contributed by atoms with Gasteiger partial charge in [-0.15, -0.1) is 0 Å². The largest absolute Gasteiger partial charge is 0.497 e. The Kier molecular flexibility index (Phi) is 6.02. The van der Waals surface area contributed by atoms with Gasteiger partial charge in [0.1, 0.15) is 5.75 Å². The van der Waals surface area contributed by atoms with Gasteiger partial charge in [0.2, 0.25) is 11.8 Å². The van der Waals surface area contributed by atoms with Crippen molar-refractivity contribution < 1.29 is 14.3 Å². The number of carbonyl (C=O) groups is 2. The molecule has 1 N–H and O–H groups in total. The zero-order valence-corrected chi connectivity index (χ0v) is 14.2. The van der Waals surface area contributed by atoms with Gasteiger partial charge in [-0.05, 0) is 43.9 Å². The molecule has 2 rings (SSSR count). The van der Waals surface area contributed by atoms with Crippen LogP contribution in [0.25, 0.3) is 0 Å². The zero-order chi connectivity index (χ0) is 16.8. The molecule has 1 heterocycles. The van der Waals surface area contributed by atoms with Crippen LogP contribution in [0.1, 0.15) is 51.1 Å². The summed E-state index contributed by atoms with van der Waals surface area (Å²) in [5.41, 5.74) is 0.916. The minimum Gasteiger partial charge on any atom is -0.497 e. The molecule has 2 atom stereocenters. The van der Waals surface area contributed by atoms with Crippen molar-refractivity contribution in [2.24, 2.45) is 0 Å². The quantitative estimate of drug-likeness (QED) is 0.908. The standard InChI is InChI=1S/C18H26N2O3/c1-13-6-4-5-11-20(13)18(22)12-17(19-14(2)21)15-7-9-16(23-3)10-8-15/h7-10,13,17H,4-6,11-12H2,1-3H3,(H,19,21). The molecule has 0 bridgehead atoms. The number of carbonyl (C=O) groups excluding carboxylic acids is 2. The summed E-state index contributed by atoms with van der Waals surface area (Å²) in [5.74, 6) is 0.725. The molecule has 0 spiro atoms. The SMILES string of the molecule is COc1ccc(C(CC(=O)N2CCCCC2C)NC(C)=O)cc1. The number of amides is 2. The molecule has 23 heavy (non-hydrogen) atoms. The lowest BCUT2D eigenvalue weighted by atomic mass is 9.99. The molecule has 1 aromatic carbocycles. The van der Waals surface area contributed by atoms with E-state index in [1.54, 1.807) is 7.11 Å². The molecule has 2 amide bonds. The normalized spacial score (nSPS) is 19.1. The summed E-state index contributed by atoms with van der Waals surface area (Å²) >= 11 is 0. The molecule has 2 unspecified atom stereocenters. The average Bonchev–Trinajstić information content (AvgIpc) is 2.54. The van der Waals surface area contributed by atoms with E-state index in [4.69, 9.17) is 4.74 Å². The maximum atomic E-state index is 12.6. The number of methoxy groups -OCH3 is 1. The van der Waals surface area contributed by atoms with Crippen LogP contribution in [0, 0.1) is 0 Å². The van der Waals surface area contributed by atoms with E-state index >= 15 is 0 Å². The van der Waals surface area contributed by atoms with E-state index < -0.39 is 0 Å². The van der Waals surface area contributed by atoms with Gasteiger partial charge in [-0.3, -0.25) is 9.59 Å². The van der Waals surface area contributed by atoms with Gasteiger partial charge in [0, 0.05) is 19.5 Å². The van der Waals surface area contributed by atoms with Crippen molar-refractivity contribution in [3.8, 4) is 5.75 Å². The van der Waals surface area contributed by atoms with Crippen LogP contribution >= 0.6 is 0 Å². The summed E-state index contributed by atoms with van der Waals surface area (Å²) < 4.78 is 5.16. The molecule has 1 aromatic rings. The zero-order valence-electron chi connectivity index (χ0n) is 14.2. The summed E-state index contributed by atoms with van der Waals surface area (Å²) in [6.45, 7) is 4.39. The first-order valence-electron chi connectivity index (χ1n) is 8.21. The van der Waals surface area contributed by atoms with Crippen LogP contribution < -0.4 is 10.1 Å². The van der Waals surface area contributed by atoms with Crippen molar-refractivity contribution in [1.82, 2.24) is 10.2 Å². The smallest absolute Gasteiger partial charge is 0.225 e. The Morgan fingerprint density at radius 1 is 1.30 bits per heavy atom. The van der Waals surface area contributed by atoms with E-state index in [1.165, 1.54) is 13.3 Å². The molecule has 1 aliphatic rings. The molecule has 0 saturated carbocycles. The lowest BCUT2D eigenvalue weighted by Gasteiger charge is -2.34. The lowest BCUT2D eigenvalue weighted by Crippen LogP contribution is -2.43. The maximum absolute atomic E-state index is 12.6. The highest BCUT2D eigenvalue weighted by molar-refractivity contribution is 5.79. The third kappa shape index (κ3) is 4.71. The fourth-order valence-electron chi connectivity index (χ4n) is 3.09. The number of nitrogens with one attached hydrogen (secondary N) is 1. The summed E-state index contributed by atoms with van der Waals surface area (Å²) in [7, 11) is 1.61. The number of hydrogen-bond acceptors (Lipinski definition) is 3. The topological polar surface area (TPSA) is 58.6 Å². The van der Waals surface area contributed by atoms with E-state index in [2.05, 4.69) is 12.2 Å². The Hall–Kier alpha value is -2.04. The number of piperidine rings is 1. The van der Waals surface area contributed by atoms with Crippen LogP contribution in [0.5, 0.6) is 5.75 Å². The summed E-state index contributed by atoms with van der Waals surface area (Å²) in [5, 5.41) is 2.89. The fraction of sp³-hybridized carbons (Fsp3) is 0.556. The van der Waals surface area contributed by atoms with E-state index in [1.807, 2.05) is 29.2 Å². The van der Waals surface area contributed by atoms with Crippen LogP contribution in [-0.4, -0.2) is 36.4 Å². The van der Waals surface area contributed by atoms with Crippen LogP contribution in [-0.2, 0) is 9.59 Å². The maximum Gasteiger partial charge on any atom is 0.225 e. The van der Waals surface area contributed by atoms with Gasteiger partial charge in [0.15, 0.2) is 0 Å². The molecule has 1 saturated heterocycles. The Morgan fingerprint density at radius 3 is 2.57 bits per heavy atom. The van der Waals surface area contributed by atoms with Gasteiger partial charge in [0.25, 0.3) is 0 Å². The summed E-state index contributed by atoms with van der Waals surface area (Å²) in [6.07, 6.45) is 3.58. The number of nitrogens with zero attached hydrogens (tertiary/aromatic N) is 1. The minimum absolute atomic E-state index is 0.103. The number of likely N-dealkylation sites (tertiary alicyclic amines) is 1. The number of rotatable bonds is 5. The lowest BCUT2D eigenvalue weighted by molar-refractivity contribution is -0.135. The van der Waals surface area contributed by atoms with Crippen LogP contribution in [0.4, 0.5) is 0 Å². The second-order valence-corrected chi connectivity index (χ2v) is 6.16. The minimum atomic E-state index is -0.306. The molecule has 126 valence electrons. The third-order valence-electron chi connectivity index (χ3n) is 4.40. The molecular weight excluding hydrogens is 292 g/mol. The molecular formula is C18H26N2O3. The van der Waals surface area contributed by atoms with Gasteiger partial charge < -0.3 is 15.0 Å². The van der Waals surface area contributed by atoms with Crippen LogP contribution in [0.2, 0.25) is 0 Å². The molecule has 5 heteroatoms. The Balaban J connectivity index is 2.10. The predicted octanol–water partition coefficient (Wildman–Crippen LogP) is 2.66. The number of benzene rings is 1. The van der Waals surface area contributed by atoms with Gasteiger partial charge in [-0.1, -0.05) is 12.1 Å². The van der Waals surface area contributed by atoms with Crippen LogP contribution in [0.3, 0.4) is 0 Å². The van der Waals surface area contributed by atoms with E-state index in [-0.39, 0.29) is 30.3 Å². The van der Waals surface area contributed by atoms with Crippen molar-refractivity contribution in [3.05, 3.63) is 29.8 Å². The van der Waals surface area contributed by atoms with Gasteiger partial charge >= 0.3 is 0 Å². The molecule has 0 aliphatic carbocycles. The predicted molar refractivity (Wildman–Crippen MR) is 89.2 cm³/mol. The molecule has 1 fully saturated rings. The fourth-order valence-corrected chi connectivity index (χ4v) is 3.09. The Bertz CT molecular complexity index is 542. The highest BCUT2D eigenvalue weighted by Crippen LogP contribution is 2.24. The molecule has 1 aliphatic heterocycles. The highest BCUT2D eigenvalue weighted by Gasteiger charge is 2.26. The molecule has 0 radical (unpaired) electrons. The Morgan fingerprint density at radius 2 is 2.00 bits per heavy atom. The monoisotopic (exact) mass is 318 g/mol. The molecule has 0 aromatic heterocycles. The van der Waals surface area contributed by atoms with E-state index in [0.29, 0.717) is 0 Å². The average molecular weight is 318 g/mol. The van der Waals surface area contributed by atoms with Gasteiger partial charge in [-0.2, -0.15) is 0 Å². The summed E-state index contributed by atoms with van der Waals surface area (Å²) in [4.78, 5) is 26.1. The molecule has 5 nitrogen and oxygen atoms in total. The second-order valence-electron chi connectivity index (χ2n) is 6.16. The first kappa shape index (κ1) is 17.3. The first-order valence-corrected chi connectivity index (χ1v) is 8.21. The summed E-state index contributed by atoms with van der Waals surface area (Å²) in [6, 6.07) is 7.46. The van der Waals surface area contributed by atoms with E-state index in [0.717, 1.165) is 30.7 Å². The number of ether oxygens (including phenoxy) is 1. The number of hydrogen-bond donors (Lipinski definition) is 1. The Labute approximate surface area is 138 Å². The van der Waals surface area contributed by atoms with Crippen molar-refractivity contribution in [2.75, 3.05) is 13.7 Å². The van der Waals surface area contributed by atoms with Gasteiger partial charge in [-0.25, -0.2) is 0 Å². The first-order chi connectivity index (χ1) is 11.0. The highest BCUT2D eigenvalue weighted by atomic mass is 16.5. The van der Waals surface area contributed by atoms with Crippen LogP contribution in [0.15, 0.2) is 24.3 Å². The van der Waals surface area contributed by atoms with Crippen molar-refractivity contribution in [1.29, 1.82) is 0 Å². The third-order valence-corrected chi connectivity index (χ3v) is 4.40. The van der Waals surface area contributed by atoms with Crippen molar-refractivity contribution in [3.63, 3.8) is 0 Å². The van der Waals surface area contributed by atoms with E-state index in [9.17, 15) is 9.59 Å². The van der Waals surface area contributed by atoms with Crippen molar-refractivity contribution >= 4 is 11.8 Å². The van der Waals surface area contributed by atoms with Gasteiger partial charge in [0.05, 0.1) is 19.6 Å².